The number of nitrogens with zero attached hydrogens (tertiary/aromatic N) is 4. The standard InChI is InChI=1S/C18H25N5S.HI/c1-18(2,15-6-4-3-5-7-15)14-21-16(19)22-9-11-23(12-10-22)17-20-8-13-24-17;/h3-8,13H,9-12,14H2,1-2H3,(H2,19,21);1H. The maximum Gasteiger partial charge on any atom is 0.191 e. The van der Waals surface area contributed by atoms with Crippen LogP contribution in [0.15, 0.2) is 46.9 Å². The summed E-state index contributed by atoms with van der Waals surface area (Å²) >= 11 is 1.69. The maximum atomic E-state index is 6.24. The molecule has 1 aliphatic rings. The van der Waals surface area contributed by atoms with Gasteiger partial charge in [-0.1, -0.05) is 44.2 Å². The Hall–Kier alpha value is -1.35. The van der Waals surface area contributed by atoms with Crippen molar-refractivity contribution in [3.63, 3.8) is 0 Å². The van der Waals surface area contributed by atoms with Crippen LogP contribution in [0.3, 0.4) is 0 Å². The predicted molar refractivity (Wildman–Crippen MR) is 117 cm³/mol. The van der Waals surface area contributed by atoms with Gasteiger partial charge in [-0.2, -0.15) is 0 Å². The summed E-state index contributed by atoms with van der Waals surface area (Å²) in [5, 5.41) is 3.11. The van der Waals surface area contributed by atoms with Crippen molar-refractivity contribution in [1.82, 2.24) is 9.88 Å². The number of aromatic nitrogens is 1. The van der Waals surface area contributed by atoms with Gasteiger partial charge in [0.1, 0.15) is 0 Å². The fraction of sp³-hybridized carbons (Fsp3) is 0.444. The number of hydrogen-bond donors (Lipinski definition) is 1. The summed E-state index contributed by atoms with van der Waals surface area (Å²) in [7, 11) is 0. The van der Waals surface area contributed by atoms with Crippen LogP contribution in [0.5, 0.6) is 0 Å². The van der Waals surface area contributed by atoms with Gasteiger partial charge in [0.05, 0.1) is 6.54 Å². The molecule has 3 rings (SSSR count). The normalized spacial score (nSPS) is 15.8. The van der Waals surface area contributed by atoms with E-state index < -0.39 is 0 Å². The molecule has 0 atom stereocenters. The first kappa shape index (κ1) is 20.0. The molecule has 0 saturated carbocycles. The molecule has 0 bridgehead atoms. The Bertz CT molecular complexity index is 664. The number of nitrogens with two attached hydrogens (primary N) is 1. The summed E-state index contributed by atoms with van der Waals surface area (Å²) in [6.07, 6.45) is 1.86. The Labute approximate surface area is 171 Å². The molecule has 7 heteroatoms. The van der Waals surface area contributed by atoms with Crippen molar-refractivity contribution in [3.8, 4) is 0 Å². The summed E-state index contributed by atoms with van der Waals surface area (Å²) in [5.41, 5.74) is 7.51. The Morgan fingerprint density at radius 1 is 1.20 bits per heavy atom. The second-order valence-electron chi connectivity index (χ2n) is 6.71. The van der Waals surface area contributed by atoms with Crippen molar-refractivity contribution in [1.29, 1.82) is 0 Å². The van der Waals surface area contributed by atoms with Gasteiger partial charge < -0.3 is 15.5 Å². The van der Waals surface area contributed by atoms with E-state index in [9.17, 15) is 0 Å². The zero-order valence-electron chi connectivity index (χ0n) is 14.8. The lowest BCUT2D eigenvalue weighted by molar-refractivity contribution is 0.378. The number of anilines is 1. The quantitative estimate of drug-likeness (QED) is 0.423. The molecular formula is C18H26IN5S. The zero-order valence-corrected chi connectivity index (χ0v) is 17.9. The molecule has 136 valence electrons. The molecule has 1 aliphatic heterocycles. The topological polar surface area (TPSA) is 57.8 Å². The Balaban J connectivity index is 0.00000225. The number of hydrogen-bond acceptors (Lipinski definition) is 4. The molecule has 0 aliphatic carbocycles. The van der Waals surface area contributed by atoms with Gasteiger partial charge in [0.15, 0.2) is 11.1 Å². The molecule has 2 N–H and O–H groups in total. The second kappa shape index (κ2) is 8.84. The Kier molecular flexibility index (Phi) is 7.06. The number of guanidine groups is 1. The van der Waals surface area contributed by atoms with Crippen LogP contribution in [-0.2, 0) is 5.41 Å². The number of rotatable bonds is 4. The molecule has 1 fully saturated rings. The van der Waals surface area contributed by atoms with Crippen molar-refractivity contribution in [2.75, 3.05) is 37.6 Å². The van der Waals surface area contributed by atoms with Crippen LogP contribution in [-0.4, -0.2) is 48.6 Å². The first-order chi connectivity index (χ1) is 11.6. The third-order valence-corrected chi connectivity index (χ3v) is 5.32. The highest BCUT2D eigenvalue weighted by atomic mass is 127. The van der Waals surface area contributed by atoms with E-state index in [1.165, 1.54) is 5.56 Å². The minimum Gasteiger partial charge on any atom is -0.370 e. The van der Waals surface area contributed by atoms with Gasteiger partial charge in [0.25, 0.3) is 0 Å². The molecule has 2 aromatic rings. The second-order valence-corrected chi connectivity index (χ2v) is 7.59. The summed E-state index contributed by atoms with van der Waals surface area (Å²) in [5.74, 6) is 0.651. The van der Waals surface area contributed by atoms with Crippen LogP contribution in [0.4, 0.5) is 5.13 Å². The minimum absolute atomic E-state index is 0. The van der Waals surface area contributed by atoms with Crippen LogP contribution in [0.25, 0.3) is 0 Å². The van der Waals surface area contributed by atoms with Crippen LogP contribution in [0.2, 0.25) is 0 Å². The average molecular weight is 471 g/mol. The summed E-state index contributed by atoms with van der Waals surface area (Å²) < 4.78 is 0. The third kappa shape index (κ3) is 5.07. The van der Waals surface area contributed by atoms with E-state index in [0.717, 1.165) is 31.3 Å². The molecule has 1 aromatic carbocycles. The lowest BCUT2D eigenvalue weighted by atomic mass is 9.85. The zero-order chi connectivity index (χ0) is 17.0. The summed E-state index contributed by atoms with van der Waals surface area (Å²) in [6.45, 7) is 8.76. The number of aliphatic imine (C=N–C) groups is 1. The van der Waals surface area contributed by atoms with E-state index in [4.69, 9.17) is 5.73 Å². The molecule has 0 radical (unpaired) electrons. The number of piperazine rings is 1. The van der Waals surface area contributed by atoms with Crippen LogP contribution >= 0.6 is 35.3 Å². The molecule has 5 nitrogen and oxygen atoms in total. The van der Waals surface area contributed by atoms with Crippen LogP contribution in [0, 0.1) is 0 Å². The van der Waals surface area contributed by atoms with Crippen molar-refractivity contribution >= 4 is 46.4 Å². The van der Waals surface area contributed by atoms with Gasteiger partial charge in [-0.3, -0.25) is 4.99 Å². The summed E-state index contributed by atoms with van der Waals surface area (Å²) in [4.78, 5) is 13.5. The lowest BCUT2D eigenvalue weighted by Crippen LogP contribution is -2.51. The molecule has 0 amide bonds. The lowest BCUT2D eigenvalue weighted by Gasteiger charge is -2.35. The van der Waals surface area contributed by atoms with Crippen LogP contribution in [0.1, 0.15) is 19.4 Å². The van der Waals surface area contributed by atoms with E-state index in [2.05, 4.69) is 57.9 Å². The van der Waals surface area contributed by atoms with Crippen molar-refractivity contribution < 1.29 is 0 Å². The minimum atomic E-state index is -0.0193. The Morgan fingerprint density at radius 3 is 2.48 bits per heavy atom. The maximum absolute atomic E-state index is 6.24. The molecule has 1 saturated heterocycles. The smallest absolute Gasteiger partial charge is 0.191 e. The van der Waals surface area contributed by atoms with Gasteiger partial charge in [0.2, 0.25) is 0 Å². The number of thiazole rings is 1. The summed E-state index contributed by atoms with van der Waals surface area (Å²) in [6, 6.07) is 10.5. The first-order valence-corrected chi connectivity index (χ1v) is 9.19. The van der Waals surface area contributed by atoms with Gasteiger partial charge in [-0.05, 0) is 5.56 Å². The number of halogens is 1. The highest BCUT2D eigenvalue weighted by Crippen LogP contribution is 2.23. The number of benzene rings is 1. The monoisotopic (exact) mass is 471 g/mol. The fourth-order valence-electron chi connectivity index (χ4n) is 2.86. The van der Waals surface area contributed by atoms with Crippen molar-refractivity contribution in [2.45, 2.75) is 19.3 Å². The molecule has 0 spiro atoms. The van der Waals surface area contributed by atoms with Gasteiger partial charge in [-0.15, -0.1) is 35.3 Å². The van der Waals surface area contributed by atoms with Gasteiger partial charge in [-0.25, -0.2) is 4.98 Å². The molecule has 1 aromatic heterocycles. The van der Waals surface area contributed by atoms with E-state index >= 15 is 0 Å². The Morgan fingerprint density at radius 2 is 1.88 bits per heavy atom. The van der Waals surface area contributed by atoms with E-state index in [1.54, 1.807) is 11.3 Å². The highest BCUT2D eigenvalue weighted by Gasteiger charge is 2.22. The largest absolute Gasteiger partial charge is 0.370 e. The predicted octanol–water partition coefficient (Wildman–Crippen LogP) is 3.18. The van der Waals surface area contributed by atoms with E-state index in [1.807, 2.05) is 17.6 Å². The van der Waals surface area contributed by atoms with Gasteiger partial charge in [0, 0.05) is 43.2 Å². The molecule has 0 unspecified atom stereocenters. The first-order valence-electron chi connectivity index (χ1n) is 8.31. The average Bonchev–Trinajstić information content (AvgIpc) is 3.15. The molecule has 2 heterocycles. The fourth-order valence-corrected chi connectivity index (χ4v) is 3.55. The molecule has 25 heavy (non-hydrogen) atoms. The highest BCUT2D eigenvalue weighted by molar-refractivity contribution is 14.0. The van der Waals surface area contributed by atoms with Crippen LogP contribution < -0.4 is 10.6 Å². The third-order valence-electron chi connectivity index (χ3n) is 4.49. The van der Waals surface area contributed by atoms with E-state index in [-0.39, 0.29) is 29.4 Å². The molecular weight excluding hydrogens is 445 g/mol. The van der Waals surface area contributed by atoms with Crippen molar-refractivity contribution in [2.24, 2.45) is 10.7 Å². The van der Waals surface area contributed by atoms with Gasteiger partial charge >= 0.3 is 0 Å². The SMILES string of the molecule is CC(C)(CN=C(N)N1CCN(c2nccs2)CC1)c1ccccc1.I. The van der Waals surface area contributed by atoms with Crippen molar-refractivity contribution in [3.05, 3.63) is 47.5 Å². The van der Waals surface area contributed by atoms with E-state index in [0.29, 0.717) is 12.5 Å².